The van der Waals surface area contributed by atoms with Crippen molar-refractivity contribution in [3.05, 3.63) is 33.1 Å². The Hall–Kier alpha value is -0.550. The third-order valence-electron chi connectivity index (χ3n) is 2.73. The number of benzene rings is 1. The summed E-state index contributed by atoms with van der Waals surface area (Å²) >= 11 is 2.34. The van der Waals surface area contributed by atoms with Gasteiger partial charge in [0.25, 0.3) is 0 Å². The van der Waals surface area contributed by atoms with Crippen LogP contribution < -0.4 is 5.32 Å². The average molecular weight is 329 g/mol. The summed E-state index contributed by atoms with van der Waals surface area (Å²) in [6.07, 6.45) is 1.02. The van der Waals surface area contributed by atoms with Gasteiger partial charge in [0, 0.05) is 14.5 Å². The topological polar surface area (TPSA) is 25.2 Å². The largest absolute Gasteiger partial charge is 0.459 e. The number of rotatable bonds is 4. The average Bonchev–Trinajstić information content (AvgIpc) is 2.63. The predicted molar refractivity (Wildman–Crippen MR) is 75.7 cm³/mol. The molecule has 2 aromatic rings. The number of fused-ring (bicyclic) bond motifs is 1. The summed E-state index contributed by atoms with van der Waals surface area (Å²) < 4.78 is 7.14. The first kappa shape index (κ1) is 11.9. The molecular formula is C13H16INO. The molecule has 0 fully saturated rings. The van der Waals surface area contributed by atoms with Crippen LogP contribution in [0.4, 0.5) is 0 Å². The molecule has 0 aliphatic rings. The van der Waals surface area contributed by atoms with Crippen molar-refractivity contribution in [2.24, 2.45) is 0 Å². The number of hydrogen-bond acceptors (Lipinski definition) is 2. The van der Waals surface area contributed by atoms with Crippen LogP contribution in [-0.2, 0) is 13.0 Å². The Bertz CT molecular complexity index is 490. The van der Waals surface area contributed by atoms with E-state index in [1.54, 1.807) is 0 Å². The molecule has 1 heterocycles. The molecule has 0 aliphatic heterocycles. The van der Waals surface area contributed by atoms with Crippen molar-refractivity contribution in [3.63, 3.8) is 0 Å². The number of hydrogen-bond donors (Lipinski definition) is 1. The highest BCUT2D eigenvalue weighted by atomic mass is 127. The first-order valence-corrected chi connectivity index (χ1v) is 6.74. The first-order chi connectivity index (χ1) is 7.76. The van der Waals surface area contributed by atoms with Gasteiger partial charge in [0.1, 0.15) is 11.3 Å². The second-order valence-corrected chi connectivity index (χ2v) is 5.02. The molecule has 1 aromatic carbocycles. The standard InChI is InChI=1S/C13H16INO/c1-3-10-11-7-9(14)5-6-12(11)16-13(10)8-15-4-2/h5-7,15H,3-4,8H2,1-2H3. The first-order valence-electron chi connectivity index (χ1n) is 5.66. The third kappa shape index (κ3) is 2.25. The van der Waals surface area contributed by atoms with Crippen molar-refractivity contribution >= 4 is 33.6 Å². The quantitative estimate of drug-likeness (QED) is 0.865. The molecule has 2 rings (SSSR count). The number of nitrogens with one attached hydrogen (secondary N) is 1. The van der Waals surface area contributed by atoms with Crippen molar-refractivity contribution in [1.29, 1.82) is 0 Å². The van der Waals surface area contributed by atoms with Gasteiger partial charge in [0.15, 0.2) is 0 Å². The van der Waals surface area contributed by atoms with E-state index in [0.717, 1.165) is 30.9 Å². The number of furan rings is 1. The van der Waals surface area contributed by atoms with Crippen molar-refractivity contribution in [2.45, 2.75) is 26.8 Å². The molecule has 2 nitrogen and oxygen atoms in total. The lowest BCUT2D eigenvalue weighted by atomic mass is 10.1. The van der Waals surface area contributed by atoms with E-state index >= 15 is 0 Å². The zero-order chi connectivity index (χ0) is 11.5. The summed E-state index contributed by atoms with van der Waals surface area (Å²) in [4.78, 5) is 0. The normalized spacial score (nSPS) is 11.2. The fourth-order valence-corrected chi connectivity index (χ4v) is 2.43. The summed E-state index contributed by atoms with van der Waals surface area (Å²) in [5, 5.41) is 4.59. The molecule has 0 saturated carbocycles. The van der Waals surface area contributed by atoms with Gasteiger partial charge in [0.2, 0.25) is 0 Å². The summed E-state index contributed by atoms with van der Waals surface area (Å²) in [6, 6.07) is 6.35. The smallest absolute Gasteiger partial charge is 0.134 e. The van der Waals surface area contributed by atoms with E-state index in [2.05, 4.69) is 60.0 Å². The summed E-state index contributed by atoms with van der Waals surface area (Å²) in [6.45, 7) is 6.08. The highest BCUT2D eigenvalue weighted by Gasteiger charge is 2.12. The Kier molecular flexibility index (Phi) is 3.86. The summed E-state index contributed by atoms with van der Waals surface area (Å²) in [7, 11) is 0. The van der Waals surface area contributed by atoms with Gasteiger partial charge in [-0.1, -0.05) is 13.8 Å². The Labute approximate surface area is 110 Å². The van der Waals surface area contributed by atoms with Gasteiger partial charge in [-0.05, 0) is 53.8 Å². The highest BCUT2D eigenvalue weighted by Crippen LogP contribution is 2.27. The molecule has 0 atom stereocenters. The zero-order valence-electron chi connectivity index (χ0n) is 9.64. The lowest BCUT2D eigenvalue weighted by Crippen LogP contribution is -2.12. The van der Waals surface area contributed by atoms with Crippen molar-refractivity contribution in [1.82, 2.24) is 5.32 Å². The minimum Gasteiger partial charge on any atom is -0.459 e. The van der Waals surface area contributed by atoms with Crippen LogP contribution in [0.15, 0.2) is 22.6 Å². The molecule has 1 N–H and O–H groups in total. The highest BCUT2D eigenvalue weighted by molar-refractivity contribution is 14.1. The number of halogens is 1. The van der Waals surface area contributed by atoms with Gasteiger partial charge in [-0.2, -0.15) is 0 Å². The molecule has 86 valence electrons. The van der Waals surface area contributed by atoms with Gasteiger partial charge in [-0.15, -0.1) is 0 Å². The SMILES string of the molecule is CCNCc1oc2ccc(I)cc2c1CC. The lowest BCUT2D eigenvalue weighted by molar-refractivity contribution is 0.514. The maximum atomic E-state index is 5.88. The minimum atomic E-state index is 0.824. The second kappa shape index (κ2) is 5.19. The molecule has 1 aromatic heterocycles. The van der Waals surface area contributed by atoms with E-state index in [4.69, 9.17) is 4.42 Å². The molecular weight excluding hydrogens is 313 g/mol. The predicted octanol–water partition coefficient (Wildman–Crippen LogP) is 3.71. The van der Waals surface area contributed by atoms with E-state index in [0.29, 0.717) is 0 Å². The van der Waals surface area contributed by atoms with Crippen LogP contribution in [0.3, 0.4) is 0 Å². The molecule has 0 spiro atoms. The van der Waals surface area contributed by atoms with Crippen LogP contribution in [0, 0.1) is 3.57 Å². The van der Waals surface area contributed by atoms with Gasteiger partial charge < -0.3 is 9.73 Å². The van der Waals surface area contributed by atoms with E-state index in [1.165, 1.54) is 14.5 Å². The van der Waals surface area contributed by atoms with Crippen LogP contribution in [0.1, 0.15) is 25.2 Å². The molecule has 0 amide bonds. The van der Waals surface area contributed by atoms with Gasteiger partial charge >= 0.3 is 0 Å². The Morgan fingerprint density at radius 3 is 2.81 bits per heavy atom. The Balaban J connectivity index is 2.49. The number of aryl methyl sites for hydroxylation is 1. The molecule has 0 aliphatic carbocycles. The molecule has 0 radical (unpaired) electrons. The van der Waals surface area contributed by atoms with E-state index in [1.807, 2.05) is 0 Å². The Morgan fingerprint density at radius 2 is 2.12 bits per heavy atom. The molecule has 0 saturated heterocycles. The summed E-state index contributed by atoms with van der Waals surface area (Å²) in [5.41, 5.74) is 2.35. The van der Waals surface area contributed by atoms with Crippen LogP contribution in [-0.4, -0.2) is 6.54 Å². The zero-order valence-corrected chi connectivity index (χ0v) is 11.8. The second-order valence-electron chi connectivity index (χ2n) is 3.78. The molecule has 3 heteroatoms. The third-order valence-corrected chi connectivity index (χ3v) is 3.40. The molecule has 16 heavy (non-hydrogen) atoms. The van der Waals surface area contributed by atoms with Gasteiger partial charge in [-0.25, -0.2) is 0 Å². The van der Waals surface area contributed by atoms with Crippen molar-refractivity contribution < 1.29 is 4.42 Å². The van der Waals surface area contributed by atoms with E-state index in [-0.39, 0.29) is 0 Å². The van der Waals surface area contributed by atoms with Gasteiger partial charge in [0.05, 0.1) is 6.54 Å². The lowest BCUT2D eigenvalue weighted by Gasteiger charge is -2.00. The minimum absolute atomic E-state index is 0.824. The Morgan fingerprint density at radius 1 is 1.31 bits per heavy atom. The van der Waals surface area contributed by atoms with Crippen LogP contribution >= 0.6 is 22.6 Å². The van der Waals surface area contributed by atoms with E-state index < -0.39 is 0 Å². The maximum absolute atomic E-state index is 5.88. The van der Waals surface area contributed by atoms with Crippen LogP contribution in [0.25, 0.3) is 11.0 Å². The van der Waals surface area contributed by atoms with Crippen LogP contribution in [0.2, 0.25) is 0 Å². The van der Waals surface area contributed by atoms with Crippen molar-refractivity contribution in [3.8, 4) is 0 Å². The fourth-order valence-electron chi connectivity index (χ4n) is 1.94. The van der Waals surface area contributed by atoms with E-state index in [9.17, 15) is 0 Å². The van der Waals surface area contributed by atoms with Crippen molar-refractivity contribution in [2.75, 3.05) is 6.54 Å². The molecule has 0 unspecified atom stereocenters. The monoisotopic (exact) mass is 329 g/mol. The molecule has 0 bridgehead atoms. The van der Waals surface area contributed by atoms with Crippen LogP contribution in [0.5, 0.6) is 0 Å². The fraction of sp³-hybridized carbons (Fsp3) is 0.385. The van der Waals surface area contributed by atoms with Gasteiger partial charge in [-0.3, -0.25) is 0 Å². The maximum Gasteiger partial charge on any atom is 0.134 e. The summed E-state index contributed by atoms with van der Waals surface area (Å²) in [5.74, 6) is 1.08.